The number of methoxy groups -OCH3 is 1. The number of ether oxygens (including phenoxy) is 4. The van der Waals surface area contributed by atoms with E-state index in [1.165, 1.54) is 7.11 Å². The molecule has 1 aliphatic rings. The summed E-state index contributed by atoms with van der Waals surface area (Å²) in [6, 6.07) is 6.63. The number of fused-ring (bicyclic) bond motifs is 1. The van der Waals surface area contributed by atoms with E-state index in [0.29, 0.717) is 63.6 Å². The zero-order valence-electron chi connectivity index (χ0n) is 14.9. The highest BCUT2D eigenvalue weighted by Gasteiger charge is 2.19. The zero-order valence-corrected chi connectivity index (χ0v) is 17.3. The van der Waals surface area contributed by atoms with Crippen molar-refractivity contribution < 1.29 is 23.7 Å². The minimum absolute atomic E-state index is 0.314. The van der Waals surface area contributed by atoms with Crippen LogP contribution in [0.25, 0.3) is 0 Å². The summed E-state index contributed by atoms with van der Waals surface area (Å²) in [4.78, 5) is 12.7. The van der Waals surface area contributed by atoms with E-state index < -0.39 is 0 Å². The Bertz CT molecular complexity index is 858. The molecule has 6 nitrogen and oxygen atoms in total. The first-order valence-electron chi connectivity index (χ1n) is 8.44. The van der Waals surface area contributed by atoms with Gasteiger partial charge in [0.05, 0.1) is 24.4 Å². The third kappa shape index (κ3) is 4.42. The zero-order chi connectivity index (χ0) is 19.4. The van der Waals surface area contributed by atoms with Crippen molar-refractivity contribution in [2.75, 3.05) is 32.2 Å². The fraction of sp³-hybridized carbons (Fsp3) is 0.316. The van der Waals surface area contributed by atoms with E-state index in [0.717, 1.165) is 6.42 Å². The molecule has 0 fully saturated rings. The molecule has 1 amide bonds. The monoisotopic (exact) mass is 455 g/mol. The SMILES string of the molecule is CCCOc1c(Cl)cc(C(=O)Nc2cc3c(cc2Br)OCCO3)cc1OC. The van der Waals surface area contributed by atoms with Crippen molar-refractivity contribution in [1.29, 1.82) is 0 Å². The van der Waals surface area contributed by atoms with Crippen molar-refractivity contribution in [1.82, 2.24) is 0 Å². The number of halogens is 2. The van der Waals surface area contributed by atoms with Gasteiger partial charge in [-0.1, -0.05) is 18.5 Å². The number of nitrogens with one attached hydrogen (secondary N) is 1. The molecule has 0 saturated carbocycles. The van der Waals surface area contributed by atoms with Crippen LogP contribution < -0.4 is 24.3 Å². The Morgan fingerprint density at radius 3 is 2.59 bits per heavy atom. The fourth-order valence-corrected chi connectivity index (χ4v) is 3.24. The number of carbonyl (C=O) groups is 1. The maximum absolute atomic E-state index is 12.7. The lowest BCUT2D eigenvalue weighted by Crippen LogP contribution is -2.17. The lowest BCUT2D eigenvalue weighted by atomic mass is 10.1. The molecule has 27 heavy (non-hydrogen) atoms. The molecule has 1 aliphatic heterocycles. The molecule has 1 heterocycles. The molecular formula is C19H19BrClNO5. The lowest BCUT2D eigenvalue weighted by molar-refractivity contribution is 0.102. The van der Waals surface area contributed by atoms with Gasteiger partial charge in [-0.25, -0.2) is 0 Å². The van der Waals surface area contributed by atoms with E-state index in [2.05, 4.69) is 21.2 Å². The van der Waals surface area contributed by atoms with Crippen LogP contribution in [0.1, 0.15) is 23.7 Å². The predicted molar refractivity (Wildman–Crippen MR) is 107 cm³/mol. The van der Waals surface area contributed by atoms with E-state index >= 15 is 0 Å². The van der Waals surface area contributed by atoms with Crippen molar-refractivity contribution in [2.45, 2.75) is 13.3 Å². The number of hydrogen-bond acceptors (Lipinski definition) is 5. The van der Waals surface area contributed by atoms with Crippen molar-refractivity contribution in [2.24, 2.45) is 0 Å². The van der Waals surface area contributed by atoms with Crippen LogP contribution in [0, 0.1) is 0 Å². The van der Waals surface area contributed by atoms with Gasteiger partial charge in [-0.15, -0.1) is 0 Å². The first-order chi connectivity index (χ1) is 13.0. The summed E-state index contributed by atoms with van der Waals surface area (Å²) in [5.41, 5.74) is 0.910. The van der Waals surface area contributed by atoms with Gasteiger partial charge in [0, 0.05) is 22.2 Å². The molecule has 0 spiro atoms. The third-order valence-corrected chi connectivity index (χ3v) is 4.76. The van der Waals surface area contributed by atoms with Crippen molar-refractivity contribution in [3.63, 3.8) is 0 Å². The second-order valence-electron chi connectivity index (χ2n) is 5.77. The molecule has 144 valence electrons. The Morgan fingerprint density at radius 2 is 1.93 bits per heavy atom. The van der Waals surface area contributed by atoms with Crippen molar-refractivity contribution in [3.8, 4) is 23.0 Å². The maximum Gasteiger partial charge on any atom is 0.255 e. The van der Waals surface area contributed by atoms with Gasteiger partial charge < -0.3 is 24.3 Å². The summed E-state index contributed by atoms with van der Waals surface area (Å²) in [6.07, 6.45) is 0.833. The third-order valence-electron chi connectivity index (χ3n) is 3.82. The first-order valence-corrected chi connectivity index (χ1v) is 9.61. The standard InChI is InChI=1S/C19H19BrClNO5/c1-3-4-27-18-13(21)7-11(8-17(18)24-2)19(23)22-14-10-16-15(9-12(14)20)25-5-6-26-16/h7-10H,3-6H2,1-2H3,(H,22,23). The molecular weight excluding hydrogens is 438 g/mol. The summed E-state index contributed by atoms with van der Waals surface area (Å²) in [6.45, 7) is 3.46. The second-order valence-corrected chi connectivity index (χ2v) is 7.03. The normalized spacial score (nSPS) is 12.4. The molecule has 2 aromatic carbocycles. The molecule has 0 atom stereocenters. The van der Waals surface area contributed by atoms with Crippen LogP contribution in [0.3, 0.4) is 0 Å². The number of carbonyl (C=O) groups excluding carboxylic acids is 1. The Balaban J connectivity index is 1.85. The van der Waals surface area contributed by atoms with Crippen molar-refractivity contribution >= 4 is 39.1 Å². The van der Waals surface area contributed by atoms with Crippen LogP contribution in [-0.2, 0) is 0 Å². The molecule has 0 bridgehead atoms. The Labute approximate surface area is 170 Å². The van der Waals surface area contributed by atoms with Crippen LogP contribution in [0.15, 0.2) is 28.7 Å². The predicted octanol–water partition coefficient (Wildman–Crippen LogP) is 4.92. The summed E-state index contributed by atoms with van der Waals surface area (Å²) in [5.74, 6) is 1.71. The molecule has 0 aromatic heterocycles. The van der Waals surface area contributed by atoms with E-state index in [1.807, 2.05) is 6.92 Å². The first kappa shape index (κ1) is 19.6. The van der Waals surface area contributed by atoms with Crippen molar-refractivity contribution in [3.05, 3.63) is 39.3 Å². The Morgan fingerprint density at radius 1 is 1.22 bits per heavy atom. The van der Waals surface area contributed by atoms with Crippen LogP contribution in [0.4, 0.5) is 5.69 Å². The fourth-order valence-electron chi connectivity index (χ4n) is 2.55. The molecule has 3 rings (SSSR count). The average Bonchev–Trinajstić information content (AvgIpc) is 2.67. The Kier molecular flexibility index (Phi) is 6.34. The van der Waals surface area contributed by atoms with Gasteiger partial charge in [-0.3, -0.25) is 4.79 Å². The molecule has 0 saturated heterocycles. The molecule has 2 aromatic rings. The number of anilines is 1. The topological polar surface area (TPSA) is 66.0 Å². The second kappa shape index (κ2) is 8.71. The number of benzene rings is 2. The van der Waals surface area contributed by atoms with E-state index in [4.69, 9.17) is 30.5 Å². The number of hydrogen-bond donors (Lipinski definition) is 1. The van der Waals surface area contributed by atoms with Crippen LogP contribution in [0.5, 0.6) is 23.0 Å². The van der Waals surface area contributed by atoms with Crippen LogP contribution >= 0.6 is 27.5 Å². The van der Waals surface area contributed by atoms with E-state index in [9.17, 15) is 4.79 Å². The quantitative estimate of drug-likeness (QED) is 0.668. The summed E-state index contributed by atoms with van der Waals surface area (Å²) < 4.78 is 22.7. The summed E-state index contributed by atoms with van der Waals surface area (Å²) in [7, 11) is 1.50. The molecule has 0 aliphatic carbocycles. The average molecular weight is 457 g/mol. The minimum atomic E-state index is -0.338. The largest absolute Gasteiger partial charge is 0.493 e. The summed E-state index contributed by atoms with van der Waals surface area (Å²) >= 11 is 9.73. The number of amides is 1. The summed E-state index contributed by atoms with van der Waals surface area (Å²) in [5, 5.41) is 3.16. The van der Waals surface area contributed by atoms with Gasteiger partial charge >= 0.3 is 0 Å². The highest BCUT2D eigenvalue weighted by molar-refractivity contribution is 9.10. The van der Waals surface area contributed by atoms with Gasteiger partial charge in [0.1, 0.15) is 13.2 Å². The minimum Gasteiger partial charge on any atom is -0.493 e. The highest BCUT2D eigenvalue weighted by Crippen LogP contribution is 2.39. The van der Waals surface area contributed by atoms with Crippen LogP contribution in [-0.4, -0.2) is 32.8 Å². The van der Waals surface area contributed by atoms with E-state index in [-0.39, 0.29) is 5.91 Å². The lowest BCUT2D eigenvalue weighted by Gasteiger charge is -2.20. The van der Waals surface area contributed by atoms with Gasteiger partial charge in [0.25, 0.3) is 5.91 Å². The molecule has 0 unspecified atom stereocenters. The van der Waals surface area contributed by atoms with Gasteiger partial charge in [-0.05, 0) is 34.5 Å². The highest BCUT2D eigenvalue weighted by atomic mass is 79.9. The van der Waals surface area contributed by atoms with E-state index in [1.54, 1.807) is 24.3 Å². The van der Waals surface area contributed by atoms with Gasteiger partial charge in [0.15, 0.2) is 23.0 Å². The van der Waals surface area contributed by atoms with Gasteiger partial charge in [-0.2, -0.15) is 0 Å². The van der Waals surface area contributed by atoms with Gasteiger partial charge in [0.2, 0.25) is 0 Å². The maximum atomic E-state index is 12.7. The van der Waals surface area contributed by atoms with Crippen LogP contribution in [0.2, 0.25) is 5.02 Å². The number of rotatable bonds is 6. The molecule has 0 radical (unpaired) electrons. The Hall–Kier alpha value is -2.12. The molecule has 1 N–H and O–H groups in total. The molecule has 8 heteroatoms. The smallest absolute Gasteiger partial charge is 0.255 e.